The van der Waals surface area contributed by atoms with Crippen molar-refractivity contribution in [3.05, 3.63) is 56.0 Å². The largest absolute Gasteiger partial charge is 0.455 e. The van der Waals surface area contributed by atoms with Crippen LogP contribution in [0.4, 0.5) is 0 Å². The van der Waals surface area contributed by atoms with Gasteiger partial charge >= 0.3 is 0 Å². The van der Waals surface area contributed by atoms with Crippen LogP contribution in [-0.2, 0) is 0 Å². The molecule has 0 bridgehead atoms. The number of hydrogen-bond acceptors (Lipinski definition) is 3. The highest BCUT2D eigenvalue weighted by Gasteiger charge is 2.14. The number of nitrogens with zero attached hydrogens (tertiary/aromatic N) is 1. The molecule has 21 heavy (non-hydrogen) atoms. The Bertz CT molecular complexity index is 726. The van der Waals surface area contributed by atoms with E-state index in [-0.39, 0.29) is 0 Å². The summed E-state index contributed by atoms with van der Waals surface area (Å²) in [6, 6.07) is 10.0. The van der Waals surface area contributed by atoms with E-state index in [4.69, 9.17) is 33.2 Å². The predicted molar refractivity (Wildman–Crippen MR) is 86.0 cm³/mol. The Morgan fingerprint density at radius 2 is 1.90 bits per heavy atom. The van der Waals surface area contributed by atoms with Gasteiger partial charge in [-0.1, -0.05) is 29.3 Å². The monoisotopic (exact) mass is 385 g/mol. The van der Waals surface area contributed by atoms with E-state index in [9.17, 15) is 5.11 Å². The average Bonchev–Trinajstić information content (AvgIpc) is 2.44. The summed E-state index contributed by atoms with van der Waals surface area (Å²) in [5, 5.41) is 19.6. The third kappa shape index (κ3) is 3.69. The number of aliphatic hydroxyl groups excluding tert-OH is 1. The molecule has 0 amide bonds. The van der Waals surface area contributed by atoms with Crippen molar-refractivity contribution in [2.45, 2.75) is 13.0 Å². The highest BCUT2D eigenvalue weighted by molar-refractivity contribution is 9.10. The topological polar surface area (TPSA) is 53.2 Å². The number of hydrogen-bond donors (Lipinski definition) is 1. The molecule has 2 aromatic carbocycles. The lowest BCUT2D eigenvalue weighted by Crippen LogP contribution is -1.97. The number of rotatable bonds is 3. The molecule has 108 valence electrons. The average molecular weight is 387 g/mol. The van der Waals surface area contributed by atoms with Crippen LogP contribution in [0.5, 0.6) is 11.5 Å². The van der Waals surface area contributed by atoms with Gasteiger partial charge in [0.2, 0.25) is 0 Å². The van der Waals surface area contributed by atoms with Gasteiger partial charge in [0.15, 0.2) is 0 Å². The Morgan fingerprint density at radius 3 is 2.52 bits per heavy atom. The van der Waals surface area contributed by atoms with E-state index >= 15 is 0 Å². The van der Waals surface area contributed by atoms with Crippen LogP contribution in [0.25, 0.3) is 0 Å². The summed E-state index contributed by atoms with van der Waals surface area (Å²) in [6.07, 6.45) is -0.738. The summed E-state index contributed by atoms with van der Waals surface area (Å²) in [5.74, 6) is 0.714. The van der Waals surface area contributed by atoms with Gasteiger partial charge in [-0.05, 0) is 41.1 Å². The summed E-state index contributed by atoms with van der Waals surface area (Å²) in [4.78, 5) is 0. The van der Waals surface area contributed by atoms with Crippen molar-refractivity contribution in [1.82, 2.24) is 0 Å². The van der Waals surface area contributed by atoms with Crippen molar-refractivity contribution >= 4 is 39.1 Å². The Morgan fingerprint density at radius 1 is 1.19 bits per heavy atom. The van der Waals surface area contributed by atoms with E-state index in [0.29, 0.717) is 37.1 Å². The van der Waals surface area contributed by atoms with Gasteiger partial charge in [-0.2, -0.15) is 5.26 Å². The second-order valence-corrected chi connectivity index (χ2v) is 6.01. The van der Waals surface area contributed by atoms with Gasteiger partial charge in [0.1, 0.15) is 11.5 Å². The maximum atomic E-state index is 9.78. The minimum Gasteiger partial charge on any atom is -0.455 e. The highest BCUT2D eigenvalue weighted by Crippen LogP contribution is 2.38. The summed E-state index contributed by atoms with van der Waals surface area (Å²) < 4.78 is 6.39. The molecule has 0 fully saturated rings. The van der Waals surface area contributed by atoms with Crippen LogP contribution < -0.4 is 4.74 Å². The van der Waals surface area contributed by atoms with Crippen molar-refractivity contribution in [3.63, 3.8) is 0 Å². The van der Waals surface area contributed by atoms with E-state index in [1.54, 1.807) is 37.3 Å². The van der Waals surface area contributed by atoms with Crippen LogP contribution in [0.2, 0.25) is 10.0 Å². The number of ether oxygens (including phenoxy) is 1. The number of benzene rings is 2. The van der Waals surface area contributed by atoms with Crippen LogP contribution in [0, 0.1) is 11.3 Å². The fourth-order valence-electron chi connectivity index (χ4n) is 1.74. The fraction of sp³-hybridized carbons (Fsp3) is 0.133. The molecule has 0 radical (unpaired) electrons. The Balaban J connectivity index is 2.48. The van der Waals surface area contributed by atoms with Gasteiger partial charge in [-0.25, -0.2) is 0 Å². The summed E-state index contributed by atoms with van der Waals surface area (Å²) in [6.45, 7) is 1.62. The maximum absolute atomic E-state index is 9.78. The smallest absolute Gasteiger partial charge is 0.147 e. The van der Waals surface area contributed by atoms with Crippen molar-refractivity contribution in [3.8, 4) is 17.6 Å². The molecule has 0 saturated heterocycles. The van der Waals surface area contributed by atoms with Gasteiger partial charge < -0.3 is 9.84 Å². The quantitative estimate of drug-likeness (QED) is 0.711. The standard InChI is InChI=1S/C15H10BrCl2NO2/c1-8(20)10-3-2-9(7-19)4-14(10)21-15-6-12(17)11(16)5-13(15)18/h2-6,8,20H,1H3. The highest BCUT2D eigenvalue weighted by atomic mass is 79.9. The minimum absolute atomic E-state index is 0.349. The Hall–Kier alpha value is -1.25. The molecule has 0 aromatic heterocycles. The molecule has 0 aliphatic carbocycles. The summed E-state index contributed by atoms with van der Waals surface area (Å²) in [5.41, 5.74) is 0.984. The van der Waals surface area contributed by atoms with Crippen LogP contribution in [0.3, 0.4) is 0 Å². The maximum Gasteiger partial charge on any atom is 0.147 e. The zero-order chi connectivity index (χ0) is 15.6. The van der Waals surface area contributed by atoms with E-state index in [0.717, 1.165) is 0 Å². The number of aliphatic hydroxyl groups is 1. The molecule has 0 aliphatic heterocycles. The van der Waals surface area contributed by atoms with Crippen molar-refractivity contribution in [1.29, 1.82) is 5.26 Å². The molecule has 0 spiro atoms. The van der Waals surface area contributed by atoms with Crippen LogP contribution in [0.1, 0.15) is 24.2 Å². The van der Waals surface area contributed by atoms with Gasteiger partial charge in [0.05, 0.1) is 27.8 Å². The van der Waals surface area contributed by atoms with E-state index in [1.165, 1.54) is 0 Å². The predicted octanol–water partition coefficient (Wildman–Crippen LogP) is 5.47. The van der Waals surface area contributed by atoms with E-state index in [1.807, 2.05) is 6.07 Å². The van der Waals surface area contributed by atoms with Crippen molar-refractivity contribution < 1.29 is 9.84 Å². The first-order valence-electron chi connectivity index (χ1n) is 5.97. The zero-order valence-corrected chi connectivity index (χ0v) is 14.0. The summed E-state index contributed by atoms with van der Waals surface area (Å²) in [7, 11) is 0. The lowest BCUT2D eigenvalue weighted by molar-refractivity contribution is 0.195. The molecule has 3 nitrogen and oxygen atoms in total. The molecule has 1 N–H and O–H groups in total. The molecule has 2 aromatic rings. The van der Waals surface area contributed by atoms with E-state index < -0.39 is 6.10 Å². The molecular weight excluding hydrogens is 377 g/mol. The zero-order valence-electron chi connectivity index (χ0n) is 10.9. The molecule has 0 aliphatic rings. The van der Waals surface area contributed by atoms with Crippen LogP contribution in [-0.4, -0.2) is 5.11 Å². The first kappa shape index (κ1) is 16.1. The molecule has 1 atom stereocenters. The normalized spacial score (nSPS) is 11.8. The first-order chi connectivity index (χ1) is 9.92. The second kappa shape index (κ2) is 6.67. The molecule has 2 rings (SSSR count). The van der Waals surface area contributed by atoms with Crippen molar-refractivity contribution in [2.75, 3.05) is 0 Å². The summed E-state index contributed by atoms with van der Waals surface area (Å²) >= 11 is 15.4. The number of halogens is 3. The Labute approximate surface area is 140 Å². The first-order valence-corrected chi connectivity index (χ1v) is 7.51. The second-order valence-electron chi connectivity index (χ2n) is 4.34. The fourth-order valence-corrected chi connectivity index (χ4v) is 2.57. The SMILES string of the molecule is CC(O)c1ccc(C#N)cc1Oc1cc(Cl)c(Br)cc1Cl. The van der Waals surface area contributed by atoms with Crippen molar-refractivity contribution in [2.24, 2.45) is 0 Å². The van der Waals surface area contributed by atoms with Gasteiger partial charge in [0.25, 0.3) is 0 Å². The number of nitriles is 1. The van der Waals surface area contributed by atoms with E-state index in [2.05, 4.69) is 15.9 Å². The minimum atomic E-state index is -0.738. The van der Waals surface area contributed by atoms with Gasteiger partial charge in [-0.3, -0.25) is 0 Å². The van der Waals surface area contributed by atoms with Crippen LogP contribution >= 0.6 is 39.1 Å². The molecule has 6 heteroatoms. The van der Waals surface area contributed by atoms with Gasteiger partial charge in [0, 0.05) is 16.1 Å². The molecule has 1 unspecified atom stereocenters. The van der Waals surface area contributed by atoms with Crippen LogP contribution in [0.15, 0.2) is 34.8 Å². The molecule has 0 heterocycles. The Kier molecular flexibility index (Phi) is 5.13. The lowest BCUT2D eigenvalue weighted by Gasteiger charge is -2.15. The molecular formula is C15H10BrCl2NO2. The third-order valence-electron chi connectivity index (χ3n) is 2.79. The van der Waals surface area contributed by atoms with Gasteiger partial charge in [-0.15, -0.1) is 0 Å². The third-order valence-corrected chi connectivity index (χ3v) is 4.28. The molecule has 0 saturated carbocycles. The lowest BCUT2D eigenvalue weighted by atomic mass is 10.1.